The number of H-pyrrole nitrogens is 1. The molecule has 1 fully saturated rings. The van der Waals surface area contributed by atoms with Gasteiger partial charge in [0.2, 0.25) is 5.56 Å². The number of benzene rings is 1. The minimum absolute atomic E-state index is 0.0322. The van der Waals surface area contributed by atoms with Crippen molar-refractivity contribution in [1.29, 1.82) is 0 Å². The van der Waals surface area contributed by atoms with Crippen molar-refractivity contribution in [1.82, 2.24) is 9.88 Å². The maximum atomic E-state index is 11.4. The smallest absolute Gasteiger partial charge is 0.249 e. The standard InChI is InChI=1S/C18H19N3OS/c22-18-7-3-6-17(19-18)21-10-8-20(9-11-21)13-15-12-14-4-1-2-5-16(14)23-15/h1-7,12H,8-11,13H2,(H,19,22). The number of anilines is 1. The van der Waals surface area contributed by atoms with Gasteiger partial charge in [0, 0.05) is 48.4 Å². The molecule has 0 radical (unpaired) electrons. The van der Waals surface area contributed by atoms with Gasteiger partial charge >= 0.3 is 0 Å². The fourth-order valence-electron chi connectivity index (χ4n) is 3.10. The fourth-order valence-corrected chi connectivity index (χ4v) is 4.21. The van der Waals surface area contributed by atoms with Crippen molar-refractivity contribution in [3.63, 3.8) is 0 Å². The van der Waals surface area contributed by atoms with Crippen molar-refractivity contribution in [2.45, 2.75) is 6.54 Å². The molecule has 0 unspecified atom stereocenters. The first-order chi connectivity index (χ1) is 11.3. The van der Waals surface area contributed by atoms with E-state index in [1.165, 1.54) is 15.0 Å². The highest BCUT2D eigenvalue weighted by Crippen LogP contribution is 2.26. The molecule has 0 atom stereocenters. The molecule has 0 saturated carbocycles. The van der Waals surface area contributed by atoms with Crippen LogP contribution in [0.4, 0.5) is 5.82 Å². The highest BCUT2D eigenvalue weighted by molar-refractivity contribution is 7.19. The number of thiophene rings is 1. The zero-order chi connectivity index (χ0) is 15.6. The first-order valence-electron chi connectivity index (χ1n) is 7.92. The van der Waals surface area contributed by atoms with Crippen LogP contribution in [0.2, 0.25) is 0 Å². The Kier molecular flexibility index (Phi) is 3.89. The summed E-state index contributed by atoms with van der Waals surface area (Å²) in [5.74, 6) is 0.930. The number of fused-ring (bicyclic) bond motifs is 1. The second-order valence-electron chi connectivity index (χ2n) is 5.91. The van der Waals surface area contributed by atoms with Gasteiger partial charge in [0.1, 0.15) is 5.82 Å². The Morgan fingerprint density at radius 3 is 2.61 bits per heavy atom. The molecule has 3 aromatic rings. The summed E-state index contributed by atoms with van der Waals surface area (Å²) in [5, 5.41) is 1.34. The Morgan fingerprint density at radius 2 is 1.83 bits per heavy atom. The highest BCUT2D eigenvalue weighted by atomic mass is 32.1. The van der Waals surface area contributed by atoms with Crippen molar-refractivity contribution in [2.24, 2.45) is 0 Å². The summed E-state index contributed by atoms with van der Waals surface area (Å²) in [5.41, 5.74) is -0.0322. The molecule has 4 nitrogen and oxygen atoms in total. The van der Waals surface area contributed by atoms with Crippen LogP contribution in [-0.4, -0.2) is 36.1 Å². The number of hydrogen-bond donors (Lipinski definition) is 1. The number of piperazine rings is 1. The van der Waals surface area contributed by atoms with E-state index in [1.54, 1.807) is 6.07 Å². The average molecular weight is 325 g/mol. The Labute approximate surface area is 139 Å². The molecular weight excluding hydrogens is 306 g/mol. The summed E-state index contributed by atoms with van der Waals surface area (Å²) < 4.78 is 1.36. The third-order valence-corrected chi connectivity index (χ3v) is 5.42. The number of nitrogens with zero attached hydrogens (tertiary/aromatic N) is 2. The normalized spacial score (nSPS) is 16.1. The fraction of sp³-hybridized carbons (Fsp3) is 0.278. The van der Waals surface area contributed by atoms with Crippen LogP contribution < -0.4 is 10.5 Å². The molecule has 1 aliphatic rings. The minimum Gasteiger partial charge on any atom is -0.356 e. The molecule has 1 aromatic carbocycles. The molecular formula is C18H19N3OS. The van der Waals surface area contributed by atoms with Crippen LogP contribution in [0.25, 0.3) is 10.1 Å². The Balaban J connectivity index is 1.40. The molecule has 1 aliphatic heterocycles. The maximum absolute atomic E-state index is 11.4. The van der Waals surface area contributed by atoms with Crippen molar-refractivity contribution < 1.29 is 0 Å². The predicted molar refractivity (Wildman–Crippen MR) is 96.4 cm³/mol. The van der Waals surface area contributed by atoms with Gasteiger partial charge in [-0.25, -0.2) is 0 Å². The predicted octanol–water partition coefficient (Wildman–Crippen LogP) is 2.91. The van der Waals surface area contributed by atoms with Crippen LogP contribution in [0, 0.1) is 0 Å². The highest BCUT2D eigenvalue weighted by Gasteiger charge is 2.18. The summed E-state index contributed by atoms with van der Waals surface area (Å²) in [6.07, 6.45) is 0. The molecule has 4 rings (SSSR count). The molecule has 5 heteroatoms. The van der Waals surface area contributed by atoms with Crippen LogP contribution in [0.1, 0.15) is 4.88 Å². The van der Waals surface area contributed by atoms with E-state index >= 15 is 0 Å². The van der Waals surface area contributed by atoms with Crippen molar-refractivity contribution in [3.05, 3.63) is 63.8 Å². The van der Waals surface area contributed by atoms with Gasteiger partial charge in [0.05, 0.1) is 0 Å². The quantitative estimate of drug-likeness (QED) is 0.805. The summed E-state index contributed by atoms with van der Waals surface area (Å²) >= 11 is 1.89. The minimum atomic E-state index is -0.0322. The monoisotopic (exact) mass is 325 g/mol. The van der Waals surface area contributed by atoms with E-state index in [9.17, 15) is 4.79 Å². The van der Waals surface area contributed by atoms with Gasteiger partial charge in [-0.15, -0.1) is 11.3 Å². The molecule has 0 amide bonds. The average Bonchev–Trinajstić information content (AvgIpc) is 2.98. The van der Waals surface area contributed by atoms with E-state index in [0.717, 1.165) is 38.5 Å². The number of pyridine rings is 1. The lowest BCUT2D eigenvalue weighted by molar-refractivity contribution is 0.251. The van der Waals surface area contributed by atoms with Gasteiger partial charge in [-0.3, -0.25) is 9.69 Å². The van der Waals surface area contributed by atoms with E-state index in [1.807, 2.05) is 23.5 Å². The van der Waals surface area contributed by atoms with Gasteiger partial charge in [-0.05, 0) is 23.6 Å². The second kappa shape index (κ2) is 6.18. The molecule has 0 spiro atoms. The van der Waals surface area contributed by atoms with Crippen LogP contribution in [0.15, 0.2) is 53.3 Å². The molecule has 1 saturated heterocycles. The van der Waals surface area contributed by atoms with Crippen LogP contribution >= 0.6 is 11.3 Å². The number of rotatable bonds is 3. The van der Waals surface area contributed by atoms with E-state index < -0.39 is 0 Å². The Bertz CT molecular complexity index is 829. The van der Waals surface area contributed by atoms with E-state index in [2.05, 4.69) is 45.1 Å². The van der Waals surface area contributed by atoms with E-state index in [4.69, 9.17) is 0 Å². The first-order valence-corrected chi connectivity index (χ1v) is 8.74. The third-order valence-electron chi connectivity index (χ3n) is 4.32. The van der Waals surface area contributed by atoms with Crippen molar-refractivity contribution >= 4 is 27.2 Å². The molecule has 1 N–H and O–H groups in total. The summed E-state index contributed by atoms with van der Waals surface area (Å²) in [6, 6.07) is 16.2. The Morgan fingerprint density at radius 1 is 1.00 bits per heavy atom. The number of aromatic nitrogens is 1. The van der Waals surface area contributed by atoms with Gasteiger partial charge in [0.15, 0.2) is 0 Å². The summed E-state index contributed by atoms with van der Waals surface area (Å²) in [4.78, 5) is 20.5. The lowest BCUT2D eigenvalue weighted by Crippen LogP contribution is -2.46. The molecule has 118 valence electrons. The lowest BCUT2D eigenvalue weighted by Gasteiger charge is -2.35. The van der Waals surface area contributed by atoms with Gasteiger partial charge < -0.3 is 9.88 Å². The first kappa shape index (κ1) is 14.5. The maximum Gasteiger partial charge on any atom is 0.249 e. The van der Waals surface area contributed by atoms with Crippen molar-refractivity contribution in [2.75, 3.05) is 31.1 Å². The van der Waals surface area contributed by atoms with Crippen molar-refractivity contribution in [3.8, 4) is 0 Å². The van der Waals surface area contributed by atoms with E-state index in [0.29, 0.717) is 0 Å². The third kappa shape index (κ3) is 3.16. The van der Waals surface area contributed by atoms with Gasteiger partial charge in [0.25, 0.3) is 0 Å². The number of aromatic amines is 1. The number of hydrogen-bond acceptors (Lipinski definition) is 4. The molecule has 23 heavy (non-hydrogen) atoms. The van der Waals surface area contributed by atoms with Crippen LogP contribution in [0.3, 0.4) is 0 Å². The molecule has 2 aromatic heterocycles. The Hall–Kier alpha value is -2.11. The molecule has 0 aliphatic carbocycles. The largest absolute Gasteiger partial charge is 0.356 e. The van der Waals surface area contributed by atoms with Crippen LogP contribution in [-0.2, 0) is 6.54 Å². The van der Waals surface area contributed by atoms with E-state index in [-0.39, 0.29) is 5.56 Å². The summed E-state index contributed by atoms with van der Waals surface area (Å²) in [7, 11) is 0. The molecule has 0 bridgehead atoms. The van der Waals surface area contributed by atoms with Gasteiger partial charge in [-0.2, -0.15) is 0 Å². The topological polar surface area (TPSA) is 39.3 Å². The van der Waals surface area contributed by atoms with Gasteiger partial charge in [-0.1, -0.05) is 24.3 Å². The number of nitrogens with one attached hydrogen (secondary N) is 1. The van der Waals surface area contributed by atoms with Crippen LogP contribution in [0.5, 0.6) is 0 Å². The SMILES string of the molecule is O=c1cccc(N2CCN(Cc3cc4ccccc4s3)CC2)[nH]1. The zero-order valence-electron chi connectivity index (χ0n) is 12.9. The second-order valence-corrected chi connectivity index (χ2v) is 7.08. The zero-order valence-corrected chi connectivity index (χ0v) is 13.7. The summed E-state index contributed by atoms with van der Waals surface area (Å²) in [6.45, 7) is 4.95. The lowest BCUT2D eigenvalue weighted by atomic mass is 10.2. The molecule has 3 heterocycles.